The van der Waals surface area contributed by atoms with E-state index < -0.39 is 0 Å². The molecule has 1 aromatic carbocycles. The third-order valence-corrected chi connectivity index (χ3v) is 5.07. The van der Waals surface area contributed by atoms with Crippen LogP contribution in [0, 0.1) is 11.3 Å². The van der Waals surface area contributed by atoms with Crippen molar-refractivity contribution in [1.82, 2.24) is 0 Å². The van der Waals surface area contributed by atoms with E-state index in [0.29, 0.717) is 10.6 Å². The molecule has 0 bridgehead atoms. The Hall–Kier alpha value is -1.65. The normalized spacial score (nSPS) is 21.5. The Morgan fingerprint density at radius 3 is 2.53 bits per heavy atom. The lowest BCUT2D eigenvalue weighted by atomic mass is 10.2. The monoisotopic (exact) mass is 292 g/mol. The van der Waals surface area contributed by atoms with Crippen molar-refractivity contribution in [3.05, 3.63) is 29.8 Å². The second-order valence-corrected chi connectivity index (χ2v) is 7.15. The summed E-state index contributed by atoms with van der Waals surface area (Å²) in [6.07, 6.45) is 0. The van der Waals surface area contributed by atoms with E-state index in [4.69, 9.17) is 10.5 Å². The highest BCUT2D eigenvalue weighted by Gasteiger charge is 2.38. The number of nitriles is 1. The third-order valence-electron chi connectivity index (χ3n) is 2.42. The van der Waals surface area contributed by atoms with Crippen molar-refractivity contribution in [1.29, 1.82) is 5.26 Å². The molecule has 0 saturated carbocycles. The molecule has 0 spiro atoms. The minimum absolute atomic E-state index is 0.259. The molecule has 1 aliphatic rings. The van der Waals surface area contributed by atoms with Gasteiger partial charge >= 0.3 is 0 Å². The van der Waals surface area contributed by atoms with Crippen LogP contribution in [0.25, 0.3) is 0 Å². The lowest BCUT2D eigenvalue weighted by molar-refractivity contribution is 0.319. The van der Waals surface area contributed by atoms with E-state index in [9.17, 15) is 0 Å². The van der Waals surface area contributed by atoms with Gasteiger partial charge < -0.3 is 5.21 Å². The lowest BCUT2D eigenvalue weighted by Gasteiger charge is -2.12. The Morgan fingerprint density at radius 1 is 1.32 bits per heavy atom. The van der Waals surface area contributed by atoms with Crippen LogP contribution in [0.1, 0.15) is 19.4 Å². The Morgan fingerprint density at radius 2 is 2.00 bits per heavy atom. The topological polar surface area (TPSA) is 80.8 Å². The zero-order valence-corrected chi connectivity index (χ0v) is 12.0. The first-order chi connectivity index (χ1) is 9.05. The molecule has 1 heterocycles. The number of nitrogens with zero attached hydrogens (tertiary/aromatic N) is 3. The van der Waals surface area contributed by atoms with Crippen molar-refractivity contribution in [2.75, 3.05) is 5.43 Å². The molecule has 19 heavy (non-hydrogen) atoms. The largest absolute Gasteiger partial charge is 0.410 e. The van der Waals surface area contributed by atoms with Gasteiger partial charge in [-0.25, -0.2) is 0 Å². The predicted molar refractivity (Wildman–Crippen MR) is 80.7 cm³/mol. The molecule has 98 valence electrons. The standard InChI is InChI=1S/C12H12N4OS2/c1-12(2)10(16-17)18-11(19-12)15-14-9-5-3-8(7-13)4-6-9/h3-6,14,17H,1-2H3/b15-11-,16-10-. The molecule has 0 amide bonds. The molecule has 0 aromatic heterocycles. The molecule has 5 nitrogen and oxygen atoms in total. The van der Waals surface area contributed by atoms with Crippen LogP contribution in [0.4, 0.5) is 5.69 Å². The molecule has 2 N–H and O–H groups in total. The van der Waals surface area contributed by atoms with Gasteiger partial charge in [-0.3, -0.25) is 5.43 Å². The van der Waals surface area contributed by atoms with Crippen molar-refractivity contribution in [2.45, 2.75) is 18.6 Å². The van der Waals surface area contributed by atoms with E-state index in [1.807, 2.05) is 13.8 Å². The molecule has 1 fully saturated rings. The molecule has 1 saturated heterocycles. The Bertz CT molecular complexity index is 572. The first-order valence-electron chi connectivity index (χ1n) is 5.48. The van der Waals surface area contributed by atoms with Crippen LogP contribution in [0.5, 0.6) is 0 Å². The van der Waals surface area contributed by atoms with Crippen molar-refractivity contribution in [3.63, 3.8) is 0 Å². The van der Waals surface area contributed by atoms with Gasteiger partial charge in [0.1, 0.15) is 5.04 Å². The fraction of sp³-hybridized carbons (Fsp3) is 0.250. The smallest absolute Gasteiger partial charge is 0.157 e. The average molecular weight is 292 g/mol. The summed E-state index contributed by atoms with van der Waals surface area (Å²) in [6.45, 7) is 3.95. The summed E-state index contributed by atoms with van der Waals surface area (Å²) in [7, 11) is 0. The van der Waals surface area contributed by atoms with E-state index >= 15 is 0 Å². The quantitative estimate of drug-likeness (QED) is 0.646. The summed E-state index contributed by atoms with van der Waals surface area (Å²) in [5.74, 6) is 0. The van der Waals surface area contributed by atoms with Gasteiger partial charge in [0.05, 0.1) is 22.1 Å². The van der Waals surface area contributed by atoms with E-state index in [2.05, 4.69) is 21.8 Å². The number of hydrazone groups is 1. The number of anilines is 1. The van der Waals surface area contributed by atoms with E-state index in [0.717, 1.165) is 10.1 Å². The van der Waals surface area contributed by atoms with Crippen molar-refractivity contribution >= 4 is 38.6 Å². The van der Waals surface area contributed by atoms with E-state index in [-0.39, 0.29) is 4.75 Å². The van der Waals surface area contributed by atoms with Gasteiger partial charge in [-0.2, -0.15) is 10.4 Å². The number of oxime groups is 1. The summed E-state index contributed by atoms with van der Waals surface area (Å²) in [6, 6.07) is 9.09. The Labute approximate surface area is 119 Å². The minimum atomic E-state index is -0.259. The van der Waals surface area contributed by atoms with Crippen LogP contribution in [0.2, 0.25) is 0 Å². The molecule has 0 radical (unpaired) electrons. The third kappa shape index (κ3) is 3.22. The van der Waals surface area contributed by atoms with E-state index in [1.165, 1.54) is 23.5 Å². The van der Waals surface area contributed by atoms with Crippen LogP contribution in [-0.2, 0) is 0 Å². The highest BCUT2D eigenvalue weighted by molar-refractivity contribution is 8.50. The van der Waals surface area contributed by atoms with Gasteiger partial charge in [0.25, 0.3) is 0 Å². The zero-order chi connectivity index (χ0) is 13.9. The number of benzene rings is 1. The SMILES string of the molecule is CC1(C)S/C(=N\Nc2ccc(C#N)cc2)S/C1=N\O. The predicted octanol–water partition coefficient (Wildman–Crippen LogP) is 3.29. The van der Waals surface area contributed by atoms with Crippen LogP contribution in [0.3, 0.4) is 0 Å². The van der Waals surface area contributed by atoms with Crippen LogP contribution >= 0.6 is 23.5 Å². The molecule has 0 atom stereocenters. The number of thioether (sulfide) groups is 2. The van der Waals surface area contributed by atoms with Gasteiger partial charge in [-0.05, 0) is 49.9 Å². The zero-order valence-electron chi connectivity index (χ0n) is 10.4. The van der Waals surface area contributed by atoms with Crippen molar-refractivity contribution in [3.8, 4) is 6.07 Å². The number of hydrogen-bond donors (Lipinski definition) is 2. The second kappa shape index (κ2) is 5.55. The van der Waals surface area contributed by atoms with E-state index in [1.54, 1.807) is 24.3 Å². The van der Waals surface area contributed by atoms with Gasteiger partial charge in [-0.1, -0.05) is 16.9 Å². The summed E-state index contributed by atoms with van der Waals surface area (Å²) in [5, 5.41) is 25.8. The van der Waals surface area contributed by atoms with Crippen molar-refractivity contribution < 1.29 is 5.21 Å². The molecule has 7 heteroatoms. The maximum absolute atomic E-state index is 8.91. The second-order valence-electron chi connectivity index (χ2n) is 4.30. The molecule has 1 aromatic rings. The maximum atomic E-state index is 8.91. The number of rotatable bonds is 2. The number of hydrogen-bond acceptors (Lipinski definition) is 7. The summed E-state index contributed by atoms with van der Waals surface area (Å²) in [4.78, 5) is 0. The lowest BCUT2D eigenvalue weighted by Crippen LogP contribution is -2.19. The number of nitrogens with one attached hydrogen (secondary N) is 1. The van der Waals surface area contributed by atoms with Gasteiger partial charge in [-0.15, -0.1) is 0 Å². The molecule has 1 aliphatic heterocycles. The summed E-state index contributed by atoms with van der Waals surface area (Å²) < 4.78 is 0.534. The molecule has 2 rings (SSSR count). The summed E-state index contributed by atoms with van der Waals surface area (Å²) in [5.41, 5.74) is 4.34. The average Bonchev–Trinajstić information content (AvgIpc) is 2.71. The fourth-order valence-electron chi connectivity index (χ4n) is 1.40. The Kier molecular flexibility index (Phi) is 4.02. The van der Waals surface area contributed by atoms with Crippen LogP contribution < -0.4 is 5.43 Å². The first kappa shape index (κ1) is 13.8. The van der Waals surface area contributed by atoms with Crippen molar-refractivity contribution in [2.24, 2.45) is 10.3 Å². The highest BCUT2D eigenvalue weighted by atomic mass is 32.2. The molecular formula is C12H12N4OS2. The summed E-state index contributed by atoms with van der Waals surface area (Å²) >= 11 is 2.88. The first-order valence-corrected chi connectivity index (χ1v) is 7.12. The van der Waals surface area contributed by atoms with Crippen LogP contribution in [0.15, 0.2) is 34.5 Å². The fourth-order valence-corrected chi connectivity index (χ4v) is 3.88. The molecule has 0 aliphatic carbocycles. The molecule has 0 unspecified atom stereocenters. The van der Waals surface area contributed by atoms with Crippen LogP contribution in [-0.4, -0.2) is 19.4 Å². The minimum Gasteiger partial charge on any atom is -0.410 e. The molecular weight excluding hydrogens is 280 g/mol. The van der Waals surface area contributed by atoms with Gasteiger partial charge in [0, 0.05) is 0 Å². The maximum Gasteiger partial charge on any atom is 0.157 e. The Balaban J connectivity index is 2.06. The highest BCUT2D eigenvalue weighted by Crippen LogP contribution is 2.43. The van der Waals surface area contributed by atoms with Gasteiger partial charge in [0.2, 0.25) is 0 Å². The van der Waals surface area contributed by atoms with Gasteiger partial charge in [0.15, 0.2) is 4.38 Å².